The molecule has 0 aliphatic rings. The molecule has 13 heteroatoms. The van der Waals surface area contributed by atoms with E-state index in [1.54, 1.807) is 18.2 Å². The van der Waals surface area contributed by atoms with Gasteiger partial charge in [-0.15, -0.1) is 0 Å². The molecule has 0 fully saturated rings. The van der Waals surface area contributed by atoms with Crippen molar-refractivity contribution >= 4 is 11.6 Å². The number of para-hydroxylation sites is 1. The minimum Gasteiger partial charge on any atom is -0.320 e. The summed E-state index contributed by atoms with van der Waals surface area (Å²) in [6.07, 6.45) is -4.71. The van der Waals surface area contributed by atoms with Gasteiger partial charge in [0.1, 0.15) is 5.69 Å². The van der Waals surface area contributed by atoms with Crippen LogP contribution in [0.15, 0.2) is 67.3 Å². The smallest absolute Gasteiger partial charge is 0.320 e. The molecule has 0 spiro atoms. The van der Waals surface area contributed by atoms with E-state index in [1.165, 1.54) is 18.5 Å². The molecule has 0 unspecified atom stereocenters. The highest BCUT2D eigenvalue weighted by atomic mass is 19.4. The lowest BCUT2D eigenvalue weighted by molar-refractivity contribution is -0.141. The first-order valence-electron chi connectivity index (χ1n) is 9.42. The molecule has 1 amide bonds. The summed E-state index contributed by atoms with van der Waals surface area (Å²) in [6, 6.07) is 8.79. The lowest BCUT2D eigenvalue weighted by atomic mass is 10.1. The van der Waals surface area contributed by atoms with Gasteiger partial charge in [0.15, 0.2) is 5.69 Å². The summed E-state index contributed by atoms with van der Waals surface area (Å²) in [5.41, 5.74) is -2.23. The first kappa shape index (κ1) is 22.9. The van der Waals surface area contributed by atoms with Crippen LogP contribution in [0, 0.1) is 0 Å². The Morgan fingerprint density at radius 2 is 1.56 bits per heavy atom. The van der Waals surface area contributed by atoms with Gasteiger partial charge in [-0.3, -0.25) is 9.78 Å². The van der Waals surface area contributed by atoms with Crippen LogP contribution < -0.4 is 5.32 Å². The Kier molecular flexibility index (Phi) is 5.77. The zero-order valence-corrected chi connectivity index (χ0v) is 16.8. The molecule has 0 radical (unpaired) electrons. The van der Waals surface area contributed by atoms with Gasteiger partial charge in [0.05, 0.1) is 5.56 Å². The number of rotatable bonds is 4. The number of pyridine rings is 1. The van der Waals surface area contributed by atoms with Gasteiger partial charge in [-0.2, -0.15) is 31.4 Å². The highest BCUT2D eigenvalue weighted by Gasteiger charge is 2.36. The Labute approximate surface area is 187 Å². The van der Waals surface area contributed by atoms with E-state index in [0.717, 1.165) is 35.3 Å². The van der Waals surface area contributed by atoms with Crippen molar-refractivity contribution < 1.29 is 31.1 Å². The molecule has 1 N–H and O–H groups in total. The van der Waals surface area contributed by atoms with Crippen molar-refractivity contribution in [2.24, 2.45) is 0 Å². The number of amides is 1. The van der Waals surface area contributed by atoms with Gasteiger partial charge in [0.2, 0.25) is 5.95 Å². The minimum atomic E-state index is -4.78. The number of carbonyl (C=O) groups excluding carboxylic acids is 1. The van der Waals surface area contributed by atoms with Crippen LogP contribution in [0.1, 0.15) is 21.7 Å². The Hall–Kier alpha value is -4.29. The van der Waals surface area contributed by atoms with Crippen molar-refractivity contribution in [3.63, 3.8) is 0 Å². The molecule has 0 saturated carbocycles. The monoisotopic (exact) mass is 478 g/mol. The van der Waals surface area contributed by atoms with Crippen LogP contribution in [0.2, 0.25) is 0 Å². The van der Waals surface area contributed by atoms with Crippen LogP contribution in [-0.4, -0.2) is 30.6 Å². The SMILES string of the molecule is O=C(Nc1ccccc1-c1cnc(-n2ccc(C(F)(F)F)n2)nc1)c1ncccc1C(F)(F)F. The number of benzene rings is 1. The van der Waals surface area contributed by atoms with Gasteiger partial charge in [-0.1, -0.05) is 18.2 Å². The summed E-state index contributed by atoms with van der Waals surface area (Å²) in [5.74, 6) is -1.21. The van der Waals surface area contributed by atoms with E-state index < -0.39 is 35.2 Å². The number of halogens is 6. The molecule has 174 valence electrons. The molecular weight excluding hydrogens is 466 g/mol. The fourth-order valence-electron chi connectivity index (χ4n) is 3.01. The number of hydrogen-bond donors (Lipinski definition) is 1. The number of carbonyl (C=O) groups is 1. The standard InChI is InChI=1S/C21H12F6N6O/c22-20(23,24)14-5-3-8-28-17(14)18(34)31-15-6-2-1-4-13(15)12-10-29-19(30-11-12)33-9-7-16(32-33)21(25,26)27/h1-11H,(H,31,34). The number of nitrogens with zero attached hydrogens (tertiary/aromatic N) is 5. The molecule has 34 heavy (non-hydrogen) atoms. The first-order valence-corrected chi connectivity index (χ1v) is 9.42. The molecule has 0 bridgehead atoms. The predicted molar refractivity (Wildman–Crippen MR) is 107 cm³/mol. The van der Waals surface area contributed by atoms with Crippen LogP contribution >= 0.6 is 0 Å². The van der Waals surface area contributed by atoms with Crippen LogP contribution in [0.4, 0.5) is 32.0 Å². The Morgan fingerprint density at radius 3 is 2.21 bits per heavy atom. The summed E-state index contributed by atoms with van der Waals surface area (Å²) >= 11 is 0. The first-order chi connectivity index (χ1) is 16.0. The van der Waals surface area contributed by atoms with E-state index in [-0.39, 0.29) is 11.6 Å². The van der Waals surface area contributed by atoms with Crippen LogP contribution in [-0.2, 0) is 12.4 Å². The zero-order valence-electron chi connectivity index (χ0n) is 16.8. The van der Waals surface area contributed by atoms with E-state index >= 15 is 0 Å². The van der Waals surface area contributed by atoms with Crippen molar-refractivity contribution in [3.05, 3.63) is 84.2 Å². The maximum Gasteiger partial charge on any atom is 0.435 e. The van der Waals surface area contributed by atoms with Gasteiger partial charge in [-0.25, -0.2) is 14.6 Å². The van der Waals surface area contributed by atoms with Crippen LogP contribution in [0.3, 0.4) is 0 Å². The third-order valence-corrected chi connectivity index (χ3v) is 4.54. The van der Waals surface area contributed by atoms with Gasteiger partial charge in [-0.05, 0) is 24.3 Å². The van der Waals surface area contributed by atoms with Gasteiger partial charge in [0.25, 0.3) is 5.91 Å². The molecule has 7 nitrogen and oxygen atoms in total. The summed E-state index contributed by atoms with van der Waals surface area (Å²) < 4.78 is 78.8. The van der Waals surface area contributed by atoms with Crippen molar-refractivity contribution in [1.29, 1.82) is 0 Å². The third kappa shape index (κ3) is 4.72. The highest BCUT2D eigenvalue weighted by Crippen LogP contribution is 2.32. The fourth-order valence-corrected chi connectivity index (χ4v) is 3.01. The summed E-state index contributed by atoms with van der Waals surface area (Å²) in [5, 5.41) is 5.79. The Bertz CT molecular complexity index is 1330. The molecular formula is C21H12F6N6O. The number of nitrogens with one attached hydrogen (secondary N) is 1. The van der Waals surface area contributed by atoms with E-state index in [9.17, 15) is 31.1 Å². The number of anilines is 1. The van der Waals surface area contributed by atoms with Crippen LogP contribution in [0.25, 0.3) is 17.1 Å². The second-order valence-electron chi connectivity index (χ2n) is 6.81. The van der Waals surface area contributed by atoms with Crippen molar-refractivity contribution in [1.82, 2.24) is 24.7 Å². The number of aromatic nitrogens is 5. The summed E-state index contributed by atoms with van der Waals surface area (Å²) in [6.45, 7) is 0. The largest absolute Gasteiger partial charge is 0.435 e. The maximum absolute atomic E-state index is 13.2. The normalized spacial score (nSPS) is 11.9. The van der Waals surface area contributed by atoms with Gasteiger partial charge >= 0.3 is 12.4 Å². The molecule has 4 rings (SSSR count). The summed E-state index contributed by atoms with van der Waals surface area (Å²) in [7, 11) is 0. The average Bonchev–Trinajstić information content (AvgIpc) is 3.30. The quantitative estimate of drug-likeness (QED) is 0.417. The van der Waals surface area contributed by atoms with Crippen LogP contribution in [0.5, 0.6) is 0 Å². The van der Waals surface area contributed by atoms with Crippen molar-refractivity contribution in [3.8, 4) is 17.1 Å². The molecule has 3 aromatic heterocycles. The molecule has 0 aliphatic carbocycles. The van der Waals surface area contributed by atoms with Gasteiger partial charge < -0.3 is 5.32 Å². The second-order valence-corrected chi connectivity index (χ2v) is 6.81. The molecule has 4 aromatic rings. The van der Waals surface area contributed by atoms with Crippen molar-refractivity contribution in [2.45, 2.75) is 12.4 Å². The number of alkyl halides is 6. The molecule has 3 heterocycles. The van der Waals surface area contributed by atoms with E-state index in [0.29, 0.717) is 11.1 Å². The topological polar surface area (TPSA) is 85.6 Å². The second kappa shape index (κ2) is 8.57. The zero-order chi connectivity index (χ0) is 24.5. The molecule has 1 aromatic carbocycles. The average molecular weight is 478 g/mol. The van der Waals surface area contributed by atoms with E-state index in [4.69, 9.17) is 0 Å². The third-order valence-electron chi connectivity index (χ3n) is 4.54. The number of hydrogen-bond acceptors (Lipinski definition) is 5. The lowest BCUT2D eigenvalue weighted by Crippen LogP contribution is -2.20. The van der Waals surface area contributed by atoms with Crippen molar-refractivity contribution in [2.75, 3.05) is 5.32 Å². The maximum atomic E-state index is 13.2. The Morgan fingerprint density at radius 1 is 0.853 bits per heavy atom. The highest BCUT2D eigenvalue weighted by molar-refractivity contribution is 6.06. The minimum absolute atomic E-state index is 0.135. The van der Waals surface area contributed by atoms with E-state index in [2.05, 4.69) is 25.4 Å². The molecule has 0 saturated heterocycles. The lowest BCUT2D eigenvalue weighted by Gasteiger charge is -2.14. The predicted octanol–water partition coefficient (Wildman–Crippen LogP) is 5.01. The molecule has 0 aliphatic heterocycles. The molecule has 0 atom stereocenters. The summed E-state index contributed by atoms with van der Waals surface area (Å²) in [4.78, 5) is 24.1. The fraction of sp³-hybridized carbons (Fsp3) is 0.0952. The van der Waals surface area contributed by atoms with E-state index in [1.807, 2.05) is 0 Å². The van der Waals surface area contributed by atoms with Gasteiger partial charge in [0, 0.05) is 41.6 Å². The Balaban J connectivity index is 1.61.